The molecule has 142 valence electrons. The number of likely N-dealkylation sites (tertiary alicyclic amines) is 1. The van der Waals surface area contributed by atoms with Gasteiger partial charge >= 0.3 is 0 Å². The van der Waals surface area contributed by atoms with Crippen LogP contribution in [-0.4, -0.2) is 66.7 Å². The van der Waals surface area contributed by atoms with Gasteiger partial charge in [0.25, 0.3) is 5.91 Å². The molecule has 27 heavy (non-hydrogen) atoms. The van der Waals surface area contributed by atoms with E-state index in [1.807, 2.05) is 31.1 Å². The Morgan fingerprint density at radius 1 is 1.19 bits per heavy atom. The number of hydrogen-bond acceptors (Lipinski definition) is 6. The van der Waals surface area contributed by atoms with Crippen LogP contribution in [0.25, 0.3) is 0 Å². The van der Waals surface area contributed by atoms with Crippen LogP contribution in [0.15, 0.2) is 42.5 Å². The molecule has 8 heteroatoms. The quantitative estimate of drug-likeness (QED) is 0.816. The number of carbonyl (C=O) groups is 2. The summed E-state index contributed by atoms with van der Waals surface area (Å²) < 4.78 is 5.81. The Hall–Kier alpha value is -3.16. The molecule has 0 spiro atoms. The second-order valence-electron chi connectivity index (χ2n) is 6.54. The molecule has 1 atom stereocenters. The number of hydrogen-bond donors (Lipinski definition) is 1. The summed E-state index contributed by atoms with van der Waals surface area (Å²) in [6, 6.07) is 12.4. The maximum Gasteiger partial charge on any atom is 0.251 e. The number of amides is 2. The van der Waals surface area contributed by atoms with Crippen LogP contribution < -0.4 is 15.0 Å². The van der Waals surface area contributed by atoms with Crippen molar-refractivity contribution in [2.45, 2.75) is 12.5 Å². The number of carbonyl (C=O) groups excluding carboxylic acids is 2. The SMILES string of the molecule is CN(C)c1ccc(OC2CCN(C(=O)CNC(=O)c3ccccc3)C2)nn1. The van der Waals surface area contributed by atoms with Crippen molar-refractivity contribution in [2.24, 2.45) is 0 Å². The van der Waals surface area contributed by atoms with Gasteiger partial charge in [-0.25, -0.2) is 0 Å². The molecule has 2 aromatic rings. The fraction of sp³-hybridized carbons (Fsp3) is 0.368. The molecule has 1 aliphatic heterocycles. The van der Waals surface area contributed by atoms with Gasteiger partial charge in [0.05, 0.1) is 13.1 Å². The summed E-state index contributed by atoms with van der Waals surface area (Å²) in [5, 5.41) is 10.8. The van der Waals surface area contributed by atoms with Crippen LogP contribution in [-0.2, 0) is 4.79 Å². The van der Waals surface area contributed by atoms with Crippen LogP contribution in [0, 0.1) is 0 Å². The van der Waals surface area contributed by atoms with Gasteiger partial charge in [0, 0.05) is 38.7 Å². The van der Waals surface area contributed by atoms with Crippen molar-refractivity contribution in [3.63, 3.8) is 0 Å². The van der Waals surface area contributed by atoms with Gasteiger partial charge in [0.15, 0.2) is 5.82 Å². The molecule has 2 heterocycles. The van der Waals surface area contributed by atoms with E-state index < -0.39 is 0 Å². The van der Waals surface area contributed by atoms with Crippen LogP contribution in [0.5, 0.6) is 5.88 Å². The third-order valence-electron chi connectivity index (χ3n) is 4.31. The van der Waals surface area contributed by atoms with Crippen LogP contribution in [0.3, 0.4) is 0 Å². The molecule has 1 aromatic heterocycles. The molecule has 0 bridgehead atoms. The second-order valence-corrected chi connectivity index (χ2v) is 6.54. The lowest BCUT2D eigenvalue weighted by Gasteiger charge is -2.17. The Bertz CT molecular complexity index is 780. The van der Waals surface area contributed by atoms with E-state index in [1.165, 1.54) is 0 Å². The lowest BCUT2D eigenvalue weighted by molar-refractivity contribution is -0.129. The largest absolute Gasteiger partial charge is 0.471 e. The topological polar surface area (TPSA) is 87.7 Å². The van der Waals surface area contributed by atoms with Crippen molar-refractivity contribution in [1.29, 1.82) is 0 Å². The van der Waals surface area contributed by atoms with Gasteiger partial charge in [-0.2, -0.15) is 0 Å². The van der Waals surface area contributed by atoms with Gasteiger partial charge in [-0.15, -0.1) is 10.2 Å². The summed E-state index contributed by atoms with van der Waals surface area (Å²) in [5.41, 5.74) is 0.535. The van der Waals surface area contributed by atoms with E-state index in [0.29, 0.717) is 24.5 Å². The van der Waals surface area contributed by atoms with Crippen molar-refractivity contribution in [2.75, 3.05) is 38.6 Å². The Kier molecular flexibility index (Phi) is 5.85. The van der Waals surface area contributed by atoms with Crippen molar-refractivity contribution in [3.8, 4) is 5.88 Å². The molecular weight excluding hydrogens is 346 g/mol. The molecule has 2 amide bonds. The highest BCUT2D eigenvalue weighted by Crippen LogP contribution is 2.17. The van der Waals surface area contributed by atoms with E-state index in [2.05, 4.69) is 15.5 Å². The summed E-state index contributed by atoms with van der Waals surface area (Å²) in [7, 11) is 3.78. The summed E-state index contributed by atoms with van der Waals surface area (Å²) >= 11 is 0. The normalized spacial score (nSPS) is 16.1. The standard InChI is InChI=1S/C19H23N5O3/c1-23(2)16-8-9-17(22-21-16)27-15-10-11-24(13-15)18(25)12-20-19(26)14-6-4-3-5-7-14/h3-9,15H,10-13H2,1-2H3,(H,20,26). The average molecular weight is 369 g/mol. The molecule has 0 radical (unpaired) electrons. The van der Waals surface area contributed by atoms with E-state index >= 15 is 0 Å². The number of nitrogens with one attached hydrogen (secondary N) is 1. The maximum atomic E-state index is 12.3. The van der Waals surface area contributed by atoms with Crippen LogP contribution in [0.2, 0.25) is 0 Å². The molecule has 1 fully saturated rings. The zero-order chi connectivity index (χ0) is 19.2. The smallest absolute Gasteiger partial charge is 0.251 e. The molecule has 8 nitrogen and oxygen atoms in total. The highest BCUT2D eigenvalue weighted by molar-refractivity contribution is 5.96. The summed E-state index contributed by atoms with van der Waals surface area (Å²) in [6.45, 7) is 1.03. The van der Waals surface area contributed by atoms with Crippen molar-refractivity contribution in [1.82, 2.24) is 20.4 Å². The Morgan fingerprint density at radius 2 is 1.96 bits per heavy atom. The first-order valence-corrected chi connectivity index (χ1v) is 8.81. The lowest BCUT2D eigenvalue weighted by Crippen LogP contribution is -2.39. The van der Waals surface area contributed by atoms with Crippen molar-refractivity contribution in [3.05, 3.63) is 48.0 Å². The number of ether oxygens (including phenoxy) is 1. The van der Waals surface area contributed by atoms with Gasteiger partial charge in [-0.3, -0.25) is 9.59 Å². The molecule has 1 aliphatic rings. The zero-order valence-corrected chi connectivity index (χ0v) is 15.5. The summed E-state index contributed by atoms with van der Waals surface area (Å²) in [5.74, 6) is 0.809. The molecule has 1 aromatic carbocycles. The fourth-order valence-electron chi connectivity index (χ4n) is 2.80. The molecular formula is C19H23N5O3. The van der Waals surface area contributed by atoms with E-state index in [1.54, 1.807) is 35.2 Å². The number of anilines is 1. The van der Waals surface area contributed by atoms with Gasteiger partial charge in [-0.05, 0) is 18.2 Å². The monoisotopic (exact) mass is 369 g/mol. The first-order chi connectivity index (χ1) is 13.0. The average Bonchev–Trinajstić information content (AvgIpc) is 3.15. The minimum absolute atomic E-state index is 0.0300. The minimum atomic E-state index is -0.257. The Balaban J connectivity index is 1.46. The lowest BCUT2D eigenvalue weighted by atomic mass is 10.2. The molecule has 3 rings (SSSR count). The molecule has 0 saturated carbocycles. The third kappa shape index (κ3) is 4.93. The first kappa shape index (κ1) is 18.6. The Labute approximate surface area is 158 Å². The van der Waals surface area contributed by atoms with E-state index in [9.17, 15) is 9.59 Å². The molecule has 0 aliphatic carbocycles. The van der Waals surface area contributed by atoms with E-state index in [-0.39, 0.29) is 24.5 Å². The highest BCUT2D eigenvalue weighted by Gasteiger charge is 2.28. The van der Waals surface area contributed by atoms with Crippen LogP contribution in [0.4, 0.5) is 5.82 Å². The minimum Gasteiger partial charge on any atom is -0.471 e. The molecule has 1 unspecified atom stereocenters. The van der Waals surface area contributed by atoms with Gasteiger partial charge in [0.2, 0.25) is 11.8 Å². The fourth-order valence-corrected chi connectivity index (χ4v) is 2.80. The zero-order valence-electron chi connectivity index (χ0n) is 15.5. The number of aromatic nitrogens is 2. The highest BCUT2D eigenvalue weighted by atomic mass is 16.5. The summed E-state index contributed by atoms with van der Waals surface area (Å²) in [4.78, 5) is 27.9. The van der Waals surface area contributed by atoms with E-state index in [0.717, 1.165) is 12.2 Å². The molecule has 1 saturated heterocycles. The van der Waals surface area contributed by atoms with Gasteiger partial charge in [-0.1, -0.05) is 18.2 Å². The predicted octanol–water partition coefficient (Wildman–Crippen LogP) is 0.952. The molecule has 1 N–H and O–H groups in total. The predicted molar refractivity (Wildman–Crippen MR) is 101 cm³/mol. The van der Waals surface area contributed by atoms with Crippen molar-refractivity contribution < 1.29 is 14.3 Å². The number of rotatable bonds is 6. The number of benzene rings is 1. The van der Waals surface area contributed by atoms with E-state index in [4.69, 9.17) is 4.74 Å². The van der Waals surface area contributed by atoms with Gasteiger partial charge < -0.3 is 19.9 Å². The maximum absolute atomic E-state index is 12.3. The van der Waals surface area contributed by atoms with Crippen LogP contribution in [0.1, 0.15) is 16.8 Å². The van der Waals surface area contributed by atoms with Crippen molar-refractivity contribution >= 4 is 17.6 Å². The third-order valence-corrected chi connectivity index (χ3v) is 4.31. The Morgan fingerprint density at radius 3 is 2.63 bits per heavy atom. The van der Waals surface area contributed by atoms with Crippen LogP contribution >= 0.6 is 0 Å². The second kappa shape index (κ2) is 8.48. The first-order valence-electron chi connectivity index (χ1n) is 8.81. The van der Waals surface area contributed by atoms with Gasteiger partial charge in [0.1, 0.15) is 6.10 Å². The summed E-state index contributed by atoms with van der Waals surface area (Å²) in [6.07, 6.45) is 0.591. The number of nitrogens with zero attached hydrogens (tertiary/aromatic N) is 4.